The summed E-state index contributed by atoms with van der Waals surface area (Å²) in [5, 5.41) is 3.14. The van der Waals surface area contributed by atoms with Crippen LogP contribution in [0.4, 0.5) is 0 Å². The van der Waals surface area contributed by atoms with E-state index in [1.54, 1.807) is 6.20 Å². The number of aromatic nitrogens is 1. The molecule has 2 heterocycles. The maximum absolute atomic E-state index is 5.90. The summed E-state index contributed by atoms with van der Waals surface area (Å²) in [5.41, 5.74) is 6.80. The van der Waals surface area contributed by atoms with Crippen LogP contribution in [-0.2, 0) is 11.3 Å². The average Bonchev–Trinajstić information content (AvgIpc) is 2.45. The van der Waals surface area contributed by atoms with Gasteiger partial charge in [-0.15, -0.1) is 0 Å². The highest BCUT2D eigenvalue weighted by Crippen LogP contribution is 2.17. The molecule has 3 N–H and O–H groups in total. The first kappa shape index (κ1) is 16.5. The highest BCUT2D eigenvalue weighted by molar-refractivity contribution is 5.78. The van der Waals surface area contributed by atoms with E-state index in [9.17, 15) is 0 Å². The lowest BCUT2D eigenvalue weighted by atomic mass is 10.1. The van der Waals surface area contributed by atoms with Crippen molar-refractivity contribution in [1.82, 2.24) is 10.3 Å². The first-order valence-corrected chi connectivity index (χ1v) is 7.70. The van der Waals surface area contributed by atoms with Gasteiger partial charge in [0.2, 0.25) is 5.88 Å². The third kappa shape index (κ3) is 5.89. The largest absolute Gasteiger partial charge is 0.474 e. The molecule has 1 aromatic rings. The molecule has 6 heteroatoms. The van der Waals surface area contributed by atoms with Crippen molar-refractivity contribution < 1.29 is 9.47 Å². The molecular weight excluding hydrogens is 280 g/mol. The number of nitrogens with one attached hydrogen (secondary N) is 1. The van der Waals surface area contributed by atoms with E-state index in [0.717, 1.165) is 31.6 Å². The standard InChI is InChI=1S/C16H26N4O2/c1-16(2,3)20-15(17)19-11-12-4-7-18-14(10-12)22-13-5-8-21-9-6-13/h4,7,10,13H,5-6,8-9,11H2,1-3H3,(H3,17,19,20). The molecule has 1 aliphatic rings. The molecular formula is C16H26N4O2. The van der Waals surface area contributed by atoms with E-state index >= 15 is 0 Å². The Hall–Kier alpha value is -1.82. The van der Waals surface area contributed by atoms with Crippen LogP contribution in [0.1, 0.15) is 39.2 Å². The number of guanidine groups is 1. The van der Waals surface area contributed by atoms with Gasteiger partial charge in [0.05, 0.1) is 19.8 Å². The molecule has 6 nitrogen and oxygen atoms in total. The fraction of sp³-hybridized carbons (Fsp3) is 0.625. The van der Waals surface area contributed by atoms with Crippen molar-refractivity contribution in [3.63, 3.8) is 0 Å². The minimum Gasteiger partial charge on any atom is -0.474 e. The molecule has 1 fully saturated rings. The smallest absolute Gasteiger partial charge is 0.213 e. The van der Waals surface area contributed by atoms with Crippen LogP contribution in [0.15, 0.2) is 23.3 Å². The number of ether oxygens (including phenoxy) is 2. The van der Waals surface area contributed by atoms with E-state index in [-0.39, 0.29) is 11.6 Å². The SMILES string of the molecule is CC(C)(C)NC(N)=NCc1ccnc(OC2CCOCC2)c1. The minimum atomic E-state index is -0.0941. The van der Waals surface area contributed by atoms with E-state index in [0.29, 0.717) is 18.4 Å². The van der Waals surface area contributed by atoms with Gasteiger partial charge in [-0.1, -0.05) is 0 Å². The van der Waals surface area contributed by atoms with Crippen LogP contribution in [0.5, 0.6) is 5.88 Å². The summed E-state index contributed by atoms with van der Waals surface area (Å²) in [6.07, 6.45) is 3.75. The van der Waals surface area contributed by atoms with Gasteiger partial charge in [-0.05, 0) is 32.4 Å². The lowest BCUT2D eigenvalue weighted by molar-refractivity contribution is 0.0237. The van der Waals surface area contributed by atoms with Gasteiger partial charge in [-0.25, -0.2) is 9.98 Å². The van der Waals surface area contributed by atoms with Gasteiger partial charge in [0.1, 0.15) is 6.10 Å². The third-order valence-corrected chi connectivity index (χ3v) is 3.19. The summed E-state index contributed by atoms with van der Waals surface area (Å²) >= 11 is 0. The molecule has 0 radical (unpaired) electrons. The molecule has 0 bridgehead atoms. The van der Waals surface area contributed by atoms with Gasteiger partial charge >= 0.3 is 0 Å². The van der Waals surface area contributed by atoms with Crippen molar-refractivity contribution in [2.75, 3.05) is 13.2 Å². The number of hydrogen-bond donors (Lipinski definition) is 2. The normalized spacial score (nSPS) is 17.3. The molecule has 1 saturated heterocycles. The Kier molecular flexibility index (Phi) is 5.60. The molecule has 1 aromatic heterocycles. The Bertz CT molecular complexity index is 505. The molecule has 0 aliphatic carbocycles. The summed E-state index contributed by atoms with van der Waals surface area (Å²) < 4.78 is 11.2. The molecule has 0 saturated carbocycles. The van der Waals surface area contributed by atoms with Crippen molar-refractivity contribution in [3.8, 4) is 5.88 Å². The Morgan fingerprint density at radius 1 is 1.45 bits per heavy atom. The van der Waals surface area contributed by atoms with Crippen LogP contribution in [0.25, 0.3) is 0 Å². The second-order valence-electron chi connectivity index (χ2n) is 6.51. The van der Waals surface area contributed by atoms with Crippen LogP contribution in [0.3, 0.4) is 0 Å². The number of nitrogens with zero attached hydrogens (tertiary/aromatic N) is 2. The third-order valence-electron chi connectivity index (χ3n) is 3.19. The minimum absolute atomic E-state index is 0.0941. The number of pyridine rings is 1. The van der Waals surface area contributed by atoms with E-state index in [1.807, 2.05) is 32.9 Å². The van der Waals surface area contributed by atoms with Gasteiger partial charge < -0.3 is 20.5 Å². The molecule has 0 aromatic carbocycles. The summed E-state index contributed by atoms with van der Waals surface area (Å²) in [6.45, 7) is 8.14. The molecule has 22 heavy (non-hydrogen) atoms. The summed E-state index contributed by atoms with van der Waals surface area (Å²) in [4.78, 5) is 8.61. The fourth-order valence-corrected chi connectivity index (χ4v) is 2.18. The number of aliphatic imine (C=N–C) groups is 1. The van der Waals surface area contributed by atoms with E-state index in [2.05, 4.69) is 15.3 Å². The first-order chi connectivity index (χ1) is 10.4. The monoisotopic (exact) mass is 306 g/mol. The molecule has 2 rings (SSSR count). The molecule has 0 amide bonds. The predicted molar refractivity (Wildman–Crippen MR) is 86.9 cm³/mol. The van der Waals surface area contributed by atoms with Crippen LogP contribution in [0.2, 0.25) is 0 Å². The second-order valence-corrected chi connectivity index (χ2v) is 6.51. The predicted octanol–water partition coefficient (Wildman–Crippen LogP) is 1.84. The lowest BCUT2D eigenvalue weighted by Crippen LogP contribution is -2.44. The summed E-state index contributed by atoms with van der Waals surface area (Å²) in [6, 6.07) is 3.84. The zero-order valence-electron chi connectivity index (χ0n) is 13.6. The summed E-state index contributed by atoms with van der Waals surface area (Å²) in [5.74, 6) is 1.08. The maximum Gasteiger partial charge on any atom is 0.213 e. The van der Waals surface area contributed by atoms with E-state index in [4.69, 9.17) is 15.2 Å². The highest BCUT2D eigenvalue weighted by atomic mass is 16.5. The van der Waals surface area contributed by atoms with Crippen LogP contribution < -0.4 is 15.8 Å². The maximum atomic E-state index is 5.90. The topological polar surface area (TPSA) is 81.8 Å². The van der Waals surface area contributed by atoms with Crippen molar-refractivity contribution in [2.24, 2.45) is 10.7 Å². The Labute approximate surface area is 132 Å². The van der Waals surface area contributed by atoms with Crippen molar-refractivity contribution >= 4 is 5.96 Å². The fourth-order valence-electron chi connectivity index (χ4n) is 2.18. The highest BCUT2D eigenvalue weighted by Gasteiger charge is 2.16. The molecule has 0 unspecified atom stereocenters. The van der Waals surface area contributed by atoms with Crippen molar-refractivity contribution in [2.45, 2.75) is 51.8 Å². The zero-order chi connectivity index (χ0) is 16.0. The van der Waals surface area contributed by atoms with Gasteiger partial charge in [0.15, 0.2) is 5.96 Å². The molecule has 0 atom stereocenters. The Morgan fingerprint density at radius 2 is 2.18 bits per heavy atom. The Balaban J connectivity index is 1.92. The Morgan fingerprint density at radius 3 is 2.86 bits per heavy atom. The van der Waals surface area contributed by atoms with Gasteiger partial charge in [-0.3, -0.25) is 0 Å². The molecule has 122 valence electrons. The van der Waals surface area contributed by atoms with Crippen LogP contribution >= 0.6 is 0 Å². The summed E-state index contributed by atoms with van der Waals surface area (Å²) in [7, 11) is 0. The lowest BCUT2D eigenvalue weighted by Gasteiger charge is -2.22. The van der Waals surface area contributed by atoms with E-state index < -0.39 is 0 Å². The number of rotatable bonds is 4. The second kappa shape index (κ2) is 7.45. The zero-order valence-corrected chi connectivity index (χ0v) is 13.6. The first-order valence-electron chi connectivity index (χ1n) is 7.70. The van der Waals surface area contributed by atoms with Gasteiger partial charge in [0.25, 0.3) is 0 Å². The quantitative estimate of drug-likeness (QED) is 0.655. The van der Waals surface area contributed by atoms with Crippen LogP contribution in [-0.4, -0.2) is 35.8 Å². The van der Waals surface area contributed by atoms with Gasteiger partial charge in [-0.2, -0.15) is 0 Å². The van der Waals surface area contributed by atoms with Crippen LogP contribution in [0, 0.1) is 0 Å². The van der Waals surface area contributed by atoms with E-state index in [1.165, 1.54) is 0 Å². The number of hydrogen-bond acceptors (Lipinski definition) is 4. The van der Waals surface area contributed by atoms with Crippen molar-refractivity contribution in [3.05, 3.63) is 23.9 Å². The molecule has 1 aliphatic heterocycles. The average molecular weight is 306 g/mol. The van der Waals surface area contributed by atoms with Crippen molar-refractivity contribution in [1.29, 1.82) is 0 Å². The van der Waals surface area contributed by atoms with Gasteiger partial charge in [0, 0.05) is 30.6 Å². The molecule has 0 spiro atoms. The number of nitrogens with two attached hydrogens (primary N) is 1.